The van der Waals surface area contributed by atoms with Gasteiger partial charge in [0, 0.05) is 56.6 Å². The molecule has 5 rings (SSSR count). The number of piperidine rings is 1. The van der Waals surface area contributed by atoms with Gasteiger partial charge in [-0.1, -0.05) is 10.3 Å². The number of carbonyl (C=O) groups excluding carboxylic acids is 1. The first-order valence-corrected chi connectivity index (χ1v) is 11.0. The minimum Gasteiger partial charge on any atom is -0.379 e. The van der Waals surface area contributed by atoms with Gasteiger partial charge in [-0.15, -0.1) is 0 Å². The van der Waals surface area contributed by atoms with E-state index in [1.807, 2.05) is 17.0 Å². The molecule has 1 amide bonds. The fourth-order valence-corrected chi connectivity index (χ4v) is 4.25. The average Bonchev–Trinajstić information content (AvgIpc) is 3.50. The molecule has 32 heavy (non-hydrogen) atoms. The van der Waals surface area contributed by atoms with E-state index in [1.165, 1.54) is 0 Å². The third-order valence-corrected chi connectivity index (χ3v) is 5.93. The largest absolute Gasteiger partial charge is 0.379 e. The molecule has 0 aromatic carbocycles. The van der Waals surface area contributed by atoms with Crippen LogP contribution in [0.2, 0.25) is 0 Å². The Morgan fingerprint density at radius 2 is 1.94 bits per heavy atom. The van der Waals surface area contributed by atoms with E-state index in [4.69, 9.17) is 13.8 Å². The molecule has 2 fully saturated rings. The van der Waals surface area contributed by atoms with E-state index >= 15 is 0 Å². The first-order chi connectivity index (χ1) is 15.7. The van der Waals surface area contributed by atoms with E-state index < -0.39 is 0 Å². The number of amides is 1. The molecule has 168 valence electrons. The van der Waals surface area contributed by atoms with Crippen LogP contribution in [-0.2, 0) is 17.7 Å². The van der Waals surface area contributed by atoms with E-state index in [9.17, 15) is 4.79 Å². The van der Waals surface area contributed by atoms with Crippen LogP contribution in [-0.4, -0.2) is 75.4 Å². The standard InChI is InChI=1S/C22H26N6O4/c29-22(19-13-18(31-25-19)15-27-8-10-30-11-9-27)28-7-1-2-16(14-28)12-20-24-21(32-26-20)17-3-5-23-6-4-17/h3-6,13,16H,1-2,7-12,14-15H2. The zero-order valence-corrected chi connectivity index (χ0v) is 17.9. The summed E-state index contributed by atoms with van der Waals surface area (Å²) in [6.07, 6.45) is 6.01. The first-order valence-electron chi connectivity index (χ1n) is 11.0. The molecule has 10 heteroatoms. The summed E-state index contributed by atoms with van der Waals surface area (Å²) in [4.78, 5) is 25.6. The summed E-state index contributed by atoms with van der Waals surface area (Å²) in [7, 11) is 0. The maximum absolute atomic E-state index is 13.0. The first kappa shape index (κ1) is 20.8. The second-order valence-corrected chi connectivity index (χ2v) is 8.28. The molecule has 2 aliphatic heterocycles. The molecule has 0 aliphatic carbocycles. The number of likely N-dealkylation sites (tertiary alicyclic amines) is 1. The van der Waals surface area contributed by atoms with Crippen molar-refractivity contribution in [2.45, 2.75) is 25.8 Å². The Morgan fingerprint density at radius 3 is 2.78 bits per heavy atom. The van der Waals surface area contributed by atoms with Crippen molar-refractivity contribution in [1.29, 1.82) is 0 Å². The van der Waals surface area contributed by atoms with Gasteiger partial charge >= 0.3 is 0 Å². The van der Waals surface area contributed by atoms with Crippen LogP contribution in [0.15, 0.2) is 39.6 Å². The zero-order chi connectivity index (χ0) is 21.8. The Labute approximate surface area is 185 Å². The van der Waals surface area contributed by atoms with Gasteiger partial charge in [-0.2, -0.15) is 4.98 Å². The molecule has 0 radical (unpaired) electrons. The third kappa shape index (κ3) is 4.86. The van der Waals surface area contributed by atoms with Gasteiger partial charge in [0.2, 0.25) is 0 Å². The van der Waals surface area contributed by atoms with Crippen LogP contribution in [0.3, 0.4) is 0 Å². The Bertz CT molecular complexity index is 1030. The van der Waals surface area contributed by atoms with Gasteiger partial charge in [-0.05, 0) is 30.9 Å². The lowest BCUT2D eigenvalue weighted by molar-refractivity contribution is 0.0305. The maximum atomic E-state index is 13.0. The highest BCUT2D eigenvalue weighted by Gasteiger charge is 2.28. The summed E-state index contributed by atoms with van der Waals surface area (Å²) >= 11 is 0. The highest BCUT2D eigenvalue weighted by Crippen LogP contribution is 2.23. The lowest BCUT2D eigenvalue weighted by Gasteiger charge is -2.31. The molecular weight excluding hydrogens is 412 g/mol. The van der Waals surface area contributed by atoms with E-state index in [0.29, 0.717) is 42.7 Å². The highest BCUT2D eigenvalue weighted by atomic mass is 16.5. The van der Waals surface area contributed by atoms with Crippen LogP contribution in [0.1, 0.15) is 34.9 Å². The maximum Gasteiger partial charge on any atom is 0.276 e. The number of aromatic nitrogens is 4. The monoisotopic (exact) mass is 438 g/mol. The molecule has 3 aromatic rings. The molecule has 5 heterocycles. The number of hydrogen-bond acceptors (Lipinski definition) is 9. The Kier molecular flexibility index (Phi) is 6.22. The molecule has 2 aliphatic rings. The van der Waals surface area contributed by atoms with Crippen molar-refractivity contribution >= 4 is 5.91 Å². The fourth-order valence-electron chi connectivity index (χ4n) is 4.25. The van der Waals surface area contributed by atoms with Crippen LogP contribution in [0.5, 0.6) is 0 Å². The molecule has 3 aromatic heterocycles. The smallest absolute Gasteiger partial charge is 0.276 e. The molecule has 0 saturated carbocycles. The normalized spacial score (nSPS) is 19.9. The van der Waals surface area contributed by atoms with Crippen molar-refractivity contribution in [3.05, 3.63) is 47.9 Å². The van der Waals surface area contributed by atoms with Gasteiger partial charge in [-0.25, -0.2) is 0 Å². The van der Waals surface area contributed by atoms with Gasteiger partial charge in [0.25, 0.3) is 11.8 Å². The Hall–Kier alpha value is -3.11. The lowest BCUT2D eigenvalue weighted by atomic mass is 9.94. The Balaban J connectivity index is 1.18. The zero-order valence-electron chi connectivity index (χ0n) is 17.9. The van der Waals surface area contributed by atoms with E-state index in [1.54, 1.807) is 18.5 Å². The van der Waals surface area contributed by atoms with Crippen molar-refractivity contribution in [2.75, 3.05) is 39.4 Å². The van der Waals surface area contributed by atoms with Crippen LogP contribution in [0.25, 0.3) is 11.5 Å². The SMILES string of the molecule is O=C(c1cc(CN2CCOCC2)on1)N1CCCC(Cc2noc(-c3ccncc3)n2)C1. The third-order valence-electron chi connectivity index (χ3n) is 5.93. The highest BCUT2D eigenvalue weighted by molar-refractivity contribution is 5.92. The quantitative estimate of drug-likeness (QED) is 0.571. The number of rotatable bonds is 6. The Morgan fingerprint density at radius 1 is 1.09 bits per heavy atom. The van der Waals surface area contributed by atoms with E-state index in [-0.39, 0.29) is 11.8 Å². The number of carbonyl (C=O) groups is 1. The van der Waals surface area contributed by atoms with Gasteiger partial charge < -0.3 is 18.7 Å². The summed E-state index contributed by atoms with van der Waals surface area (Å²) in [6.45, 7) is 5.16. The summed E-state index contributed by atoms with van der Waals surface area (Å²) < 4.78 is 16.2. The van der Waals surface area contributed by atoms with Crippen LogP contribution >= 0.6 is 0 Å². The average molecular weight is 438 g/mol. The van der Waals surface area contributed by atoms with Crippen molar-refractivity contribution in [3.63, 3.8) is 0 Å². The molecule has 2 saturated heterocycles. The second-order valence-electron chi connectivity index (χ2n) is 8.28. The van der Waals surface area contributed by atoms with Gasteiger partial charge in [0.05, 0.1) is 19.8 Å². The number of ether oxygens (including phenoxy) is 1. The predicted molar refractivity (Wildman–Crippen MR) is 112 cm³/mol. The van der Waals surface area contributed by atoms with Crippen LogP contribution in [0.4, 0.5) is 0 Å². The fraction of sp³-hybridized carbons (Fsp3) is 0.500. The molecule has 0 spiro atoms. The predicted octanol–water partition coefficient (Wildman–Crippen LogP) is 2.05. The van der Waals surface area contributed by atoms with Crippen molar-refractivity contribution in [2.24, 2.45) is 5.92 Å². The topological polar surface area (TPSA) is 111 Å². The summed E-state index contributed by atoms with van der Waals surface area (Å²) in [5.74, 6) is 2.04. The minimum atomic E-state index is -0.0859. The van der Waals surface area contributed by atoms with Crippen molar-refractivity contribution in [1.82, 2.24) is 30.1 Å². The van der Waals surface area contributed by atoms with Gasteiger partial charge in [0.1, 0.15) is 0 Å². The number of pyridine rings is 1. The van der Waals surface area contributed by atoms with Crippen molar-refractivity contribution in [3.8, 4) is 11.5 Å². The summed E-state index contributed by atoms with van der Waals surface area (Å²) in [5, 5.41) is 8.16. The number of nitrogens with zero attached hydrogens (tertiary/aromatic N) is 6. The van der Waals surface area contributed by atoms with Crippen molar-refractivity contribution < 1.29 is 18.6 Å². The molecule has 1 unspecified atom stereocenters. The molecule has 10 nitrogen and oxygen atoms in total. The van der Waals surface area contributed by atoms with E-state index in [0.717, 1.165) is 51.3 Å². The van der Waals surface area contributed by atoms with Crippen LogP contribution in [0, 0.1) is 5.92 Å². The molecule has 0 bridgehead atoms. The number of morpholine rings is 1. The van der Waals surface area contributed by atoms with Gasteiger partial charge in [-0.3, -0.25) is 14.7 Å². The van der Waals surface area contributed by atoms with E-state index in [2.05, 4.69) is 25.2 Å². The van der Waals surface area contributed by atoms with Crippen LogP contribution < -0.4 is 0 Å². The minimum absolute atomic E-state index is 0.0859. The molecule has 0 N–H and O–H groups in total. The molecular formula is C22H26N6O4. The van der Waals surface area contributed by atoms with Gasteiger partial charge in [0.15, 0.2) is 17.3 Å². The number of hydrogen-bond donors (Lipinski definition) is 0. The molecule has 1 atom stereocenters. The summed E-state index contributed by atoms with van der Waals surface area (Å²) in [5.41, 5.74) is 1.21. The summed E-state index contributed by atoms with van der Waals surface area (Å²) in [6, 6.07) is 5.44. The lowest BCUT2D eigenvalue weighted by Crippen LogP contribution is -2.40. The second kappa shape index (κ2) is 9.58.